The van der Waals surface area contributed by atoms with E-state index in [1.165, 1.54) is 7.11 Å². The SMILES string of the molecule is CCOC(=O)Cc1c(OC)cc(C(F)F)nc1I. The predicted molar refractivity (Wildman–Crippen MR) is 68.8 cm³/mol. The third-order valence-electron chi connectivity index (χ3n) is 2.12. The Labute approximate surface area is 117 Å². The first kappa shape index (κ1) is 15.1. The molecule has 0 saturated carbocycles. The van der Waals surface area contributed by atoms with Crippen LogP contribution < -0.4 is 4.74 Å². The van der Waals surface area contributed by atoms with Crippen LogP contribution in [-0.2, 0) is 16.0 Å². The average molecular weight is 371 g/mol. The Bertz CT molecular complexity index is 441. The highest BCUT2D eigenvalue weighted by molar-refractivity contribution is 14.1. The molecule has 1 aromatic rings. The van der Waals surface area contributed by atoms with E-state index < -0.39 is 12.4 Å². The molecule has 1 rings (SSSR count). The maximum atomic E-state index is 12.6. The number of aromatic nitrogens is 1. The molecule has 0 amide bonds. The molecule has 0 radical (unpaired) electrons. The molecule has 0 aliphatic carbocycles. The fourth-order valence-electron chi connectivity index (χ4n) is 1.35. The second-order valence-electron chi connectivity index (χ2n) is 3.30. The molecule has 0 aliphatic heterocycles. The summed E-state index contributed by atoms with van der Waals surface area (Å²) in [6, 6.07) is 1.14. The quantitative estimate of drug-likeness (QED) is 0.454. The van der Waals surface area contributed by atoms with Crippen LogP contribution in [-0.4, -0.2) is 24.7 Å². The minimum Gasteiger partial charge on any atom is -0.496 e. The normalized spacial score (nSPS) is 10.6. The summed E-state index contributed by atoms with van der Waals surface area (Å²) >= 11 is 1.80. The van der Waals surface area contributed by atoms with Gasteiger partial charge in [-0.1, -0.05) is 0 Å². The van der Waals surface area contributed by atoms with Gasteiger partial charge >= 0.3 is 5.97 Å². The summed E-state index contributed by atoms with van der Waals surface area (Å²) in [4.78, 5) is 15.1. The van der Waals surface area contributed by atoms with E-state index >= 15 is 0 Å². The lowest BCUT2D eigenvalue weighted by atomic mass is 10.1. The summed E-state index contributed by atoms with van der Waals surface area (Å²) in [5, 5.41) is 0. The number of carbonyl (C=O) groups excluding carboxylic acids is 1. The molecule has 0 unspecified atom stereocenters. The zero-order valence-electron chi connectivity index (χ0n) is 9.87. The van der Waals surface area contributed by atoms with Crippen molar-refractivity contribution in [1.82, 2.24) is 4.98 Å². The third-order valence-corrected chi connectivity index (χ3v) is 3.01. The first-order valence-electron chi connectivity index (χ1n) is 5.16. The molecule has 1 heterocycles. The van der Waals surface area contributed by atoms with Crippen molar-refractivity contribution >= 4 is 28.6 Å². The second-order valence-corrected chi connectivity index (χ2v) is 4.32. The highest BCUT2D eigenvalue weighted by Gasteiger charge is 2.19. The number of ether oxygens (including phenoxy) is 2. The number of esters is 1. The van der Waals surface area contributed by atoms with Gasteiger partial charge in [0.1, 0.15) is 15.1 Å². The van der Waals surface area contributed by atoms with Gasteiger partial charge in [0.15, 0.2) is 0 Å². The van der Waals surface area contributed by atoms with Gasteiger partial charge in [0.2, 0.25) is 0 Å². The lowest BCUT2D eigenvalue weighted by Gasteiger charge is -2.11. The van der Waals surface area contributed by atoms with Crippen molar-refractivity contribution in [3.8, 4) is 5.75 Å². The van der Waals surface area contributed by atoms with Crippen molar-refractivity contribution in [2.75, 3.05) is 13.7 Å². The first-order chi connectivity index (χ1) is 8.49. The molecule has 0 fully saturated rings. The standard InChI is InChI=1S/C11H12F2INO3/c1-3-18-9(16)4-6-8(17-2)5-7(10(12)13)15-11(6)14/h5,10H,3-4H2,1-2H3. The molecule has 0 aromatic carbocycles. The van der Waals surface area contributed by atoms with Gasteiger partial charge in [0, 0.05) is 11.6 Å². The number of pyridine rings is 1. The van der Waals surface area contributed by atoms with Gasteiger partial charge in [-0.15, -0.1) is 0 Å². The fourth-order valence-corrected chi connectivity index (χ4v) is 2.08. The average Bonchev–Trinajstić information content (AvgIpc) is 2.31. The van der Waals surface area contributed by atoms with Gasteiger partial charge in [-0.3, -0.25) is 4.79 Å². The molecule has 18 heavy (non-hydrogen) atoms. The number of nitrogens with zero attached hydrogens (tertiary/aromatic N) is 1. The number of rotatable bonds is 5. The number of methoxy groups -OCH3 is 1. The molecule has 0 aliphatic rings. The Kier molecular flexibility index (Phi) is 5.70. The van der Waals surface area contributed by atoms with E-state index in [-0.39, 0.29) is 24.5 Å². The Morgan fingerprint density at radius 1 is 1.56 bits per heavy atom. The maximum Gasteiger partial charge on any atom is 0.310 e. The zero-order valence-corrected chi connectivity index (χ0v) is 12.0. The topological polar surface area (TPSA) is 48.4 Å². The molecular weight excluding hydrogens is 359 g/mol. The highest BCUT2D eigenvalue weighted by atomic mass is 127. The largest absolute Gasteiger partial charge is 0.496 e. The van der Waals surface area contributed by atoms with Gasteiger partial charge in [-0.2, -0.15) is 0 Å². The molecule has 0 N–H and O–H groups in total. The Balaban J connectivity index is 3.07. The number of alkyl halides is 2. The van der Waals surface area contributed by atoms with Gasteiger partial charge in [-0.25, -0.2) is 13.8 Å². The van der Waals surface area contributed by atoms with Crippen molar-refractivity contribution in [3.63, 3.8) is 0 Å². The minimum atomic E-state index is -2.68. The van der Waals surface area contributed by atoms with Crippen molar-refractivity contribution in [3.05, 3.63) is 21.0 Å². The van der Waals surface area contributed by atoms with Crippen LogP contribution in [0.3, 0.4) is 0 Å². The summed E-state index contributed by atoms with van der Waals surface area (Å²) in [7, 11) is 1.36. The molecule has 0 atom stereocenters. The van der Waals surface area contributed by atoms with Crippen LogP contribution in [0.2, 0.25) is 0 Å². The predicted octanol–water partition coefficient (Wildman–Crippen LogP) is 2.74. The summed E-state index contributed by atoms with van der Waals surface area (Å²) in [5.41, 5.74) is 0.0878. The first-order valence-corrected chi connectivity index (χ1v) is 6.24. The van der Waals surface area contributed by atoms with Crippen LogP contribution in [0.15, 0.2) is 6.07 Å². The Morgan fingerprint density at radius 3 is 2.72 bits per heavy atom. The number of hydrogen-bond acceptors (Lipinski definition) is 4. The number of hydrogen-bond donors (Lipinski definition) is 0. The number of carbonyl (C=O) groups is 1. The van der Waals surface area contributed by atoms with E-state index in [2.05, 4.69) is 4.98 Å². The third kappa shape index (κ3) is 3.76. The molecular formula is C11H12F2INO3. The van der Waals surface area contributed by atoms with Gasteiger partial charge in [-0.05, 0) is 29.5 Å². The monoisotopic (exact) mass is 371 g/mol. The van der Waals surface area contributed by atoms with Crippen LogP contribution in [0.25, 0.3) is 0 Å². The molecule has 100 valence electrons. The smallest absolute Gasteiger partial charge is 0.310 e. The van der Waals surface area contributed by atoms with Gasteiger partial charge < -0.3 is 9.47 Å². The van der Waals surface area contributed by atoms with Crippen LogP contribution >= 0.6 is 22.6 Å². The number of halogens is 3. The molecule has 1 aromatic heterocycles. The maximum absolute atomic E-state index is 12.6. The van der Waals surface area contributed by atoms with Gasteiger partial charge in [0.25, 0.3) is 6.43 Å². The van der Waals surface area contributed by atoms with Crippen LogP contribution in [0.5, 0.6) is 5.75 Å². The summed E-state index contributed by atoms with van der Waals surface area (Å²) in [6.45, 7) is 1.96. The van der Waals surface area contributed by atoms with E-state index in [1.807, 2.05) is 0 Å². The minimum absolute atomic E-state index is 0.0498. The Morgan fingerprint density at radius 2 is 2.22 bits per heavy atom. The fraction of sp³-hybridized carbons (Fsp3) is 0.455. The van der Waals surface area contributed by atoms with Crippen molar-refractivity contribution in [2.45, 2.75) is 19.8 Å². The van der Waals surface area contributed by atoms with E-state index in [0.717, 1.165) is 6.07 Å². The van der Waals surface area contributed by atoms with E-state index in [1.54, 1.807) is 29.5 Å². The molecule has 0 saturated heterocycles. The molecule has 4 nitrogen and oxygen atoms in total. The van der Waals surface area contributed by atoms with Gasteiger partial charge in [0.05, 0.1) is 20.1 Å². The molecule has 7 heteroatoms. The van der Waals surface area contributed by atoms with Crippen molar-refractivity contribution in [2.24, 2.45) is 0 Å². The van der Waals surface area contributed by atoms with Crippen molar-refractivity contribution < 1.29 is 23.0 Å². The molecule has 0 spiro atoms. The zero-order chi connectivity index (χ0) is 13.7. The lowest BCUT2D eigenvalue weighted by Crippen LogP contribution is -2.11. The van der Waals surface area contributed by atoms with E-state index in [9.17, 15) is 13.6 Å². The lowest BCUT2D eigenvalue weighted by molar-refractivity contribution is -0.142. The van der Waals surface area contributed by atoms with E-state index in [4.69, 9.17) is 9.47 Å². The second kappa shape index (κ2) is 6.81. The summed E-state index contributed by atoms with van der Waals surface area (Å²) in [5.74, 6) is -0.224. The Hall–Kier alpha value is -0.990. The summed E-state index contributed by atoms with van der Waals surface area (Å²) < 4.78 is 35.3. The van der Waals surface area contributed by atoms with E-state index in [0.29, 0.717) is 9.26 Å². The van der Waals surface area contributed by atoms with Crippen LogP contribution in [0.4, 0.5) is 8.78 Å². The van der Waals surface area contributed by atoms with Crippen molar-refractivity contribution in [1.29, 1.82) is 0 Å². The summed E-state index contributed by atoms with van der Waals surface area (Å²) in [6.07, 6.45) is -2.73. The van der Waals surface area contributed by atoms with Crippen LogP contribution in [0.1, 0.15) is 24.6 Å². The highest BCUT2D eigenvalue weighted by Crippen LogP contribution is 2.28. The van der Waals surface area contributed by atoms with Crippen LogP contribution in [0, 0.1) is 3.70 Å². The molecule has 0 bridgehead atoms.